The number of fused-ring (bicyclic) bond motifs is 1. The van der Waals surface area contributed by atoms with Crippen LogP contribution in [0, 0.1) is 5.41 Å². The Kier molecular flexibility index (Phi) is 5.84. The molecule has 1 aliphatic rings. The van der Waals surface area contributed by atoms with Gasteiger partial charge in [0.1, 0.15) is 5.84 Å². The lowest BCUT2D eigenvalue weighted by Gasteiger charge is -2.39. The molecule has 2 unspecified atom stereocenters. The van der Waals surface area contributed by atoms with Crippen molar-refractivity contribution in [1.82, 2.24) is 19.6 Å². The fourth-order valence-electron chi connectivity index (χ4n) is 4.73. The van der Waals surface area contributed by atoms with Crippen LogP contribution in [-0.2, 0) is 0 Å². The fourth-order valence-corrected chi connectivity index (χ4v) is 4.91. The first-order chi connectivity index (χ1) is 17.1. The van der Waals surface area contributed by atoms with Crippen LogP contribution in [0.2, 0.25) is 5.02 Å². The molecule has 1 aliphatic carbocycles. The number of amidine groups is 1. The number of benzene rings is 1. The zero-order valence-corrected chi connectivity index (χ0v) is 21.3. The molecule has 1 aromatic carbocycles. The maximum Gasteiger partial charge on any atom is 0.219 e. The van der Waals surface area contributed by atoms with Gasteiger partial charge in [0.25, 0.3) is 0 Å². The SMILES string of the molecule is CC1(N)CCC(Nc2c(C(N)=Nc3ccccc3Cl)cnn3cc(-c4cnc(N)nc4)cc23)C1(C)C. The van der Waals surface area contributed by atoms with Crippen LogP contribution in [0.5, 0.6) is 0 Å². The minimum absolute atomic E-state index is 0.115. The number of nitrogens with zero attached hydrogens (tertiary/aromatic N) is 5. The van der Waals surface area contributed by atoms with Crippen molar-refractivity contribution in [2.24, 2.45) is 21.9 Å². The van der Waals surface area contributed by atoms with Gasteiger partial charge in [-0.2, -0.15) is 5.10 Å². The maximum absolute atomic E-state index is 6.68. The summed E-state index contributed by atoms with van der Waals surface area (Å²) in [5.74, 6) is 0.535. The Morgan fingerprint density at radius 2 is 1.86 bits per heavy atom. The zero-order chi connectivity index (χ0) is 25.7. The summed E-state index contributed by atoms with van der Waals surface area (Å²) in [5.41, 5.74) is 23.1. The van der Waals surface area contributed by atoms with Crippen LogP contribution in [0.4, 0.5) is 17.3 Å². The van der Waals surface area contributed by atoms with E-state index < -0.39 is 0 Å². The largest absolute Gasteiger partial charge is 0.383 e. The molecule has 1 fully saturated rings. The molecule has 0 saturated heterocycles. The minimum Gasteiger partial charge on any atom is -0.383 e. The number of hydrogen-bond acceptors (Lipinski definition) is 7. The molecule has 7 N–H and O–H groups in total. The summed E-state index contributed by atoms with van der Waals surface area (Å²) in [4.78, 5) is 12.9. The molecule has 10 heteroatoms. The highest BCUT2D eigenvalue weighted by molar-refractivity contribution is 6.33. The van der Waals surface area contributed by atoms with Crippen LogP contribution >= 0.6 is 11.6 Å². The third kappa shape index (κ3) is 4.14. The predicted octanol–water partition coefficient (Wildman–Crippen LogP) is 4.38. The summed E-state index contributed by atoms with van der Waals surface area (Å²) in [7, 11) is 0. The van der Waals surface area contributed by atoms with Crippen molar-refractivity contribution >= 4 is 40.3 Å². The molecule has 0 bridgehead atoms. The highest BCUT2D eigenvalue weighted by Gasteiger charge is 2.49. The Bertz CT molecular complexity index is 1450. The van der Waals surface area contributed by atoms with Gasteiger partial charge >= 0.3 is 0 Å². The molecule has 36 heavy (non-hydrogen) atoms. The van der Waals surface area contributed by atoms with Gasteiger partial charge in [-0.1, -0.05) is 37.6 Å². The molecule has 0 aliphatic heterocycles. The molecular formula is C26H30ClN9. The average Bonchev–Trinajstić information content (AvgIpc) is 3.35. The van der Waals surface area contributed by atoms with Crippen molar-refractivity contribution in [3.63, 3.8) is 0 Å². The molecule has 5 rings (SSSR count). The molecule has 0 amide bonds. The van der Waals surface area contributed by atoms with E-state index in [1.807, 2.05) is 35.0 Å². The molecular weight excluding hydrogens is 474 g/mol. The minimum atomic E-state index is -0.306. The molecule has 186 valence electrons. The van der Waals surface area contributed by atoms with Crippen LogP contribution in [0.1, 0.15) is 39.2 Å². The van der Waals surface area contributed by atoms with E-state index in [4.69, 9.17) is 28.8 Å². The van der Waals surface area contributed by atoms with Gasteiger partial charge < -0.3 is 22.5 Å². The summed E-state index contributed by atoms with van der Waals surface area (Å²) in [6.45, 7) is 6.51. The lowest BCUT2D eigenvalue weighted by Crippen LogP contribution is -2.51. The molecule has 0 spiro atoms. The van der Waals surface area contributed by atoms with E-state index in [1.54, 1.807) is 24.7 Å². The quantitative estimate of drug-likeness (QED) is 0.233. The molecule has 9 nitrogen and oxygen atoms in total. The Balaban J connectivity index is 1.65. The topological polar surface area (TPSA) is 146 Å². The van der Waals surface area contributed by atoms with Crippen LogP contribution in [-0.4, -0.2) is 37.0 Å². The number of aliphatic imine (C=N–C) groups is 1. The highest BCUT2D eigenvalue weighted by Crippen LogP contribution is 2.46. The Labute approximate surface area is 214 Å². The van der Waals surface area contributed by atoms with Crippen LogP contribution in [0.3, 0.4) is 0 Å². The average molecular weight is 504 g/mol. The number of anilines is 2. The maximum atomic E-state index is 6.68. The highest BCUT2D eigenvalue weighted by atomic mass is 35.5. The summed E-state index contributed by atoms with van der Waals surface area (Å²) >= 11 is 6.35. The summed E-state index contributed by atoms with van der Waals surface area (Å²) in [6, 6.07) is 9.47. The number of nitrogen functional groups attached to an aromatic ring is 1. The van der Waals surface area contributed by atoms with E-state index in [1.165, 1.54) is 0 Å². The van der Waals surface area contributed by atoms with Gasteiger partial charge in [0.05, 0.1) is 33.7 Å². The van der Waals surface area contributed by atoms with Gasteiger partial charge in [0.15, 0.2) is 0 Å². The second-order valence-corrected chi connectivity index (χ2v) is 10.6. The number of para-hydroxylation sites is 1. The third-order valence-electron chi connectivity index (χ3n) is 7.63. The Hall–Kier alpha value is -3.69. The van der Waals surface area contributed by atoms with E-state index in [0.29, 0.717) is 22.1 Å². The predicted molar refractivity (Wildman–Crippen MR) is 145 cm³/mol. The first-order valence-corrected chi connectivity index (χ1v) is 12.2. The molecule has 3 aromatic heterocycles. The van der Waals surface area contributed by atoms with E-state index in [9.17, 15) is 0 Å². The molecule has 0 radical (unpaired) electrons. The van der Waals surface area contributed by atoms with Crippen molar-refractivity contribution in [3.8, 4) is 11.1 Å². The van der Waals surface area contributed by atoms with Crippen molar-refractivity contribution in [2.45, 2.75) is 45.2 Å². The number of nitrogens with one attached hydrogen (secondary N) is 1. The van der Waals surface area contributed by atoms with Crippen LogP contribution in [0.25, 0.3) is 16.6 Å². The van der Waals surface area contributed by atoms with Crippen LogP contribution < -0.4 is 22.5 Å². The molecule has 4 aromatic rings. The van der Waals surface area contributed by atoms with Crippen molar-refractivity contribution < 1.29 is 0 Å². The Morgan fingerprint density at radius 3 is 2.53 bits per heavy atom. The van der Waals surface area contributed by atoms with Gasteiger partial charge in [0.2, 0.25) is 5.95 Å². The smallest absolute Gasteiger partial charge is 0.219 e. The van der Waals surface area contributed by atoms with Gasteiger partial charge in [0, 0.05) is 46.7 Å². The number of nitrogens with two attached hydrogens (primary N) is 3. The number of rotatable bonds is 5. The monoisotopic (exact) mass is 503 g/mol. The summed E-state index contributed by atoms with van der Waals surface area (Å²) < 4.78 is 1.81. The fraction of sp³-hybridized carbons (Fsp3) is 0.308. The lowest BCUT2D eigenvalue weighted by molar-refractivity contribution is 0.215. The van der Waals surface area contributed by atoms with E-state index in [-0.39, 0.29) is 22.9 Å². The van der Waals surface area contributed by atoms with E-state index in [0.717, 1.165) is 35.2 Å². The first kappa shape index (κ1) is 24.0. The molecule has 2 atom stereocenters. The normalized spacial score (nSPS) is 21.7. The Morgan fingerprint density at radius 1 is 1.14 bits per heavy atom. The van der Waals surface area contributed by atoms with Gasteiger partial charge in [-0.25, -0.2) is 19.5 Å². The van der Waals surface area contributed by atoms with E-state index in [2.05, 4.69) is 46.1 Å². The van der Waals surface area contributed by atoms with Gasteiger partial charge in [-0.05, 0) is 38.0 Å². The van der Waals surface area contributed by atoms with Crippen molar-refractivity contribution in [1.29, 1.82) is 0 Å². The molecule has 3 heterocycles. The van der Waals surface area contributed by atoms with Crippen LogP contribution in [0.15, 0.2) is 60.1 Å². The van der Waals surface area contributed by atoms with Crippen molar-refractivity contribution in [2.75, 3.05) is 11.1 Å². The second kappa shape index (κ2) is 8.76. The number of aromatic nitrogens is 4. The summed E-state index contributed by atoms with van der Waals surface area (Å²) in [5, 5.41) is 8.91. The third-order valence-corrected chi connectivity index (χ3v) is 7.95. The number of halogens is 1. The summed E-state index contributed by atoms with van der Waals surface area (Å²) in [6.07, 6.45) is 8.86. The molecule has 1 saturated carbocycles. The lowest BCUT2D eigenvalue weighted by atomic mass is 9.75. The second-order valence-electron chi connectivity index (χ2n) is 10.1. The van der Waals surface area contributed by atoms with Gasteiger partial charge in [-0.3, -0.25) is 0 Å². The first-order valence-electron chi connectivity index (χ1n) is 11.8. The standard InChI is InChI=1S/C26H30ClN9/c1-25(2)21(8-9-26(25,3)30)35-22-17(23(28)34-19-7-5-4-6-18(19)27)13-33-36-14-15(10-20(22)36)16-11-31-24(29)32-12-16/h4-7,10-14,21,35H,8-9,30H2,1-3H3,(H2,28,34)(H2,29,31,32). The number of hydrogen-bond donors (Lipinski definition) is 4. The zero-order valence-electron chi connectivity index (χ0n) is 20.5. The van der Waals surface area contributed by atoms with E-state index >= 15 is 0 Å². The van der Waals surface area contributed by atoms with Crippen molar-refractivity contribution in [3.05, 3.63) is 65.7 Å². The van der Waals surface area contributed by atoms with Gasteiger partial charge in [-0.15, -0.1) is 0 Å².